The maximum Gasteiger partial charge on any atom is 0.354 e. The SMILES string of the molecule is CCOC(=O)C1=NN(c2ccc(Oc3ccccc3)cc2)[C@@](C)(C(=O)O)C1. The number of rotatable bonds is 6. The topological polar surface area (TPSA) is 88.4 Å². The third-order valence-electron chi connectivity index (χ3n) is 4.23. The molecule has 1 N–H and O–H groups in total. The summed E-state index contributed by atoms with van der Waals surface area (Å²) in [7, 11) is 0. The molecule has 0 saturated carbocycles. The summed E-state index contributed by atoms with van der Waals surface area (Å²) in [4.78, 5) is 23.8. The maximum absolute atomic E-state index is 12.0. The maximum atomic E-state index is 12.0. The normalized spacial score (nSPS) is 18.7. The lowest BCUT2D eigenvalue weighted by Gasteiger charge is -2.30. The van der Waals surface area contributed by atoms with Crippen molar-refractivity contribution >= 4 is 23.3 Å². The van der Waals surface area contributed by atoms with E-state index in [1.165, 1.54) is 11.9 Å². The van der Waals surface area contributed by atoms with Crippen molar-refractivity contribution in [2.24, 2.45) is 5.10 Å². The van der Waals surface area contributed by atoms with Gasteiger partial charge in [0.2, 0.25) is 0 Å². The van der Waals surface area contributed by atoms with Crippen LogP contribution in [-0.4, -0.2) is 34.9 Å². The van der Waals surface area contributed by atoms with Crippen LogP contribution in [0.4, 0.5) is 5.69 Å². The van der Waals surface area contributed by atoms with E-state index in [0.717, 1.165) is 0 Å². The molecule has 0 radical (unpaired) electrons. The number of para-hydroxylation sites is 1. The van der Waals surface area contributed by atoms with Crippen LogP contribution in [0.5, 0.6) is 11.5 Å². The number of aliphatic carboxylic acids is 1. The lowest BCUT2D eigenvalue weighted by Crippen LogP contribution is -2.47. The van der Waals surface area contributed by atoms with Crippen LogP contribution >= 0.6 is 0 Å². The number of carbonyl (C=O) groups excluding carboxylic acids is 1. The van der Waals surface area contributed by atoms with Gasteiger partial charge in [0.25, 0.3) is 0 Å². The van der Waals surface area contributed by atoms with Gasteiger partial charge in [-0.3, -0.25) is 0 Å². The van der Waals surface area contributed by atoms with Crippen LogP contribution < -0.4 is 9.75 Å². The first-order valence-electron chi connectivity index (χ1n) is 8.55. The Bertz CT molecular complexity index is 864. The molecule has 0 amide bonds. The van der Waals surface area contributed by atoms with Gasteiger partial charge in [-0.1, -0.05) is 18.2 Å². The molecule has 2 aromatic rings. The fraction of sp³-hybridized carbons (Fsp3) is 0.250. The Labute approximate surface area is 156 Å². The molecule has 0 unspecified atom stereocenters. The number of esters is 1. The number of ether oxygens (including phenoxy) is 2. The average Bonchev–Trinajstić information content (AvgIpc) is 3.03. The first kappa shape index (κ1) is 18.4. The summed E-state index contributed by atoms with van der Waals surface area (Å²) in [6.45, 7) is 3.42. The van der Waals surface area contributed by atoms with Crippen molar-refractivity contribution in [2.75, 3.05) is 11.6 Å². The molecule has 0 bridgehead atoms. The molecular formula is C20H20N2O5. The van der Waals surface area contributed by atoms with Gasteiger partial charge in [-0.2, -0.15) is 5.10 Å². The highest BCUT2D eigenvalue weighted by atomic mass is 16.5. The number of benzene rings is 2. The molecule has 1 heterocycles. The quantitative estimate of drug-likeness (QED) is 0.786. The molecule has 0 aromatic heterocycles. The Morgan fingerprint density at radius 2 is 1.74 bits per heavy atom. The number of hydrazone groups is 1. The highest BCUT2D eigenvalue weighted by Crippen LogP contribution is 2.35. The third-order valence-corrected chi connectivity index (χ3v) is 4.23. The van der Waals surface area contributed by atoms with Gasteiger partial charge in [0.05, 0.1) is 12.3 Å². The minimum atomic E-state index is -1.37. The molecule has 0 fully saturated rings. The van der Waals surface area contributed by atoms with E-state index >= 15 is 0 Å². The average molecular weight is 368 g/mol. The zero-order chi connectivity index (χ0) is 19.4. The largest absolute Gasteiger partial charge is 0.479 e. The van der Waals surface area contributed by atoms with Crippen molar-refractivity contribution in [3.63, 3.8) is 0 Å². The molecule has 140 valence electrons. The monoisotopic (exact) mass is 368 g/mol. The number of hydrogen-bond acceptors (Lipinski definition) is 6. The summed E-state index contributed by atoms with van der Waals surface area (Å²) >= 11 is 0. The first-order valence-corrected chi connectivity index (χ1v) is 8.55. The second kappa shape index (κ2) is 7.49. The van der Waals surface area contributed by atoms with Crippen molar-refractivity contribution < 1.29 is 24.2 Å². The van der Waals surface area contributed by atoms with E-state index in [0.29, 0.717) is 17.2 Å². The molecular weight excluding hydrogens is 348 g/mol. The molecule has 0 aliphatic carbocycles. The van der Waals surface area contributed by atoms with Crippen LogP contribution in [0.3, 0.4) is 0 Å². The van der Waals surface area contributed by atoms with E-state index in [2.05, 4.69) is 5.10 Å². The van der Waals surface area contributed by atoms with Crippen LogP contribution in [0, 0.1) is 0 Å². The molecule has 1 atom stereocenters. The van der Waals surface area contributed by atoms with Crippen LogP contribution in [-0.2, 0) is 14.3 Å². The van der Waals surface area contributed by atoms with Gasteiger partial charge >= 0.3 is 11.9 Å². The molecule has 7 heteroatoms. The summed E-state index contributed by atoms with van der Waals surface area (Å²) in [6, 6.07) is 16.2. The Balaban J connectivity index is 1.85. The first-order chi connectivity index (χ1) is 12.9. The number of anilines is 1. The van der Waals surface area contributed by atoms with Crippen molar-refractivity contribution in [3.05, 3.63) is 54.6 Å². The molecule has 2 aromatic carbocycles. The number of carboxylic acid groups (broad SMARTS) is 1. The summed E-state index contributed by atoms with van der Waals surface area (Å²) in [6.07, 6.45) is -0.0383. The molecule has 1 aliphatic rings. The highest BCUT2D eigenvalue weighted by molar-refractivity contribution is 6.38. The molecule has 1 aliphatic heterocycles. The molecule has 0 spiro atoms. The molecule has 0 saturated heterocycles. The minimum Gasteiger partial charge on any atom is -0.479 e. The van der Waals surface area contributed by atoms with Crippen LogP contribution in [0.2, 0.25) is 0 Å². The zero-order valence-electron chi connectivity index (χ0n) is 15.1. The van der Waals surface area contributed by atoms with Crippen LogP contribution in [0.25, 0.3) is 0 Å². The summed E-state index contributed by atoms with van der Waals surface area (Å²) in [5, 5.41) is 15.3. The highest BCUT2D eigenvalue weighted by Gasteiger charge is 2.48. The van der Waals surface area contributed by atoms with Crippen LogP contribution in [0.1, 0.15) is 20.3 Å². The van der Waals surface area contributed by atoms with Gasteiger partial charge in [-0.15, -0.1) is 0 Å². The van der Waals surface area contributed by atoms with E-state index in [9.17, 15) is 14.7 Å². The summed E-state index contributed by atoms with van der Waals surface area (Å²) < 4.78 is 10.7. The van der Waals surface area contributed by atoms with Crippen LogP contribution in [0.15, 0.2) is 59.7 Å². The van der Waals surface area contributed by atoms with Gasteiger partial charge in [0.1, 0.15) is 17.2 Å². The Morgan fingerprint density at radius 1 is 1.11 bits per heavy atom. The number of carbonyl (C=O) groups is 2. The van der Waals surface area contributed by atoms with E-state index in [4.69, 9.17) is 9.47 Å². The van der Waals surface area contributed by atoms with Gasteiger partial charge in [-0.25, -0.2) is 14.6 Å². The second-order valence-corrected chi connectivity index (χ2v) is 6.24. The Kier molecular flexibility index (Phi) is 5.12. The van der Waals surface area contributed by atoms with Crippen molar-refractivity contribution in [2.45, 2.75) is 25.8 Å². The predicted molar refractivity (Wildman–Crippen MR) is 100 cm³/mol. The lowest BCUT2D eigenvalue weighted by molar-refractivity contribution is -0.142. The second-order valence-electron chi connectivity index (χ2n) is 6.24. The van der Waals surface area contributed by atoms with Crippen molar-refractivity contribution in [1.82, 2.24) is 0 Å². The number of carboxylic acids is 1. The number of hydrogen-bond donors (Lipinski definition) is 1. The van der Waals surface area contributed by atoms with Gasteiger partial charge in [-0.05, 0) is 50.2 Å². The van der Waals surface area contributed by atoms with E-state index < -0.39 is 17.5 Å². The zero-order valence-corrected chi connectivity index (χ0v) is 15.1. The van der Waals surface area contributed by atoms with E-state index in [1.807, 2.05) is 30.3 Å². The molecule has 3 rings (SSSR count). The van der Waals surface area contributed by atoms with Gasteiger partial charge in [0, 0.05) is 6.42 Å². The lowest BCUT2D eigenvalue weighted by atomic mass is 9.95. The number of nitrogens with zero attached hydrogens (tertiary/aromatic N) is 2. The Hall–Kier alpha value is -3.35. The Morgan fingerprint density at radius 3 is 2.33 bits per heavy atom. The van der Waals surface area contributed by atoms with E-state index in [1.54, 1.807) is 31.2 Å². The standard InChI is InChI=1S/C20H20N2O5/c1-3-26-18(23)17-13-20(2,19(24)25)22(21-17)14-9-11-16(12-10-14)27-15-7-5-4-6-8-15/h4-12H,3,13H2,1-2H3,(H,24,25)/t20-/m1/s1. The van der Waals surface area contributed by atoms with Crippen molar-refractivity contribution in [3.8, 4) is 11.5 Å². The fourth-order valence-corrected chi connectivity index (χ4v) is 2.78. The molecule has 7 nitrogen and oxygen atoms in total. The predicted octanol–water partition coefficient (Wildman–Crippen LogP) is 3.45. The van der Waals surface area contributed by atoms with Gasteiger partial charge in [0.15, 0.2) is 5.54 Å². The molecule has 27 heavy (non-hydrogen) atoms. The van der Waals surface area contributed by atoms with Gasteiger partial charge < -0.3 is 14.6 Å². The van der Waals surface area contributed by atoms with E-state index in [-0.39, 0.29) is 18.7 Å². The third kappa shape index (κ3) is 3.76. The summed E-state index contributed by atoms with van der Waals surface area (Å²) in [5.41, 5.74) is -0.741. The summed E-state index contributed by atoms with van der Waals surface area (Å²) in [5.74, 6) is -0.369. The van der Waals surface area contributed by atoms with Crippen molar-refractivity contribution in [1.29, 1.82) is 0 Å². The fourth-order valence-electron chi connectivity index (χ4n) is 2.78. The smallest absolute Gasteiger partial charge is 0.354 e. The minimum absolute atomic E-state index is 0.0383.